The zero-order valence-corrected chi connectivity index (χ0v) is 16.9. The van der Waals surface area contributed by atoms with Crippen molar-refractivity contribution in [3.05, 3.63) is 108 Å². The summed E-state index contributed by atoms with van der Waals surface area (Å²) in [6, 6.07) is 28.7. The van der Waals surface area contributed by atoms with Crippen molar-refractivity contribution in [2.24, 2.45) is 0 Å². The second kappa shape index (κ2) is 7.90. The van der Waals surface area contributed by atoms with E-state index in [0.717, 1.165) is 6.42 Å². The van der Waals surface area contributed by atoms with E-state index in [1.807, 2.05) is 0 Å². The molecule has 0 heterocycles. The van der Waals surface area contributed by atoms with Crippen molar-refractivity contribution in [2.45, 2.75) is 33.2 Å². The van der Waals surface area contributed by atoms with E-state index in [4.69, 9.17) is 0 Å². The Morgan fingerprint density at radius 1 is 0.643 bits per heavy atom. The van der Waals surface area contributed by atoms with Gasteiger partial charge in [0.05, 0.1) is 6.04 Å². The summed E-state index contributed by atoms with van der Waals surface area (Å²) in [6.45, 7) is 6.55. The molecule has 140 valence electrons. The van der Waals surface area contributed by atoms with E-state index >= 15 is 0 Å². The van der Waals surface area contributed by atoms with Gasteiger partial charge >= 0.3 is 0 Å². The molecule has 0 fully saturated rings. The van der Waals surface area contributed by atoms with Gasteiger partial charge in [0.15, 0.2) is 0 Å². The number of hydrogen-bond acceptors (Lipinski definition) is 1. The van der Waals surface area contributed by atoms with Gasteiger partial charge in [-0.05, 0) is 62.6 Å². The van der Waals surface area contributed by atoms with E-state index < -0.39 is 0 Å². The van der Waals surface area contributed by atoms with Crippen LogP contribution in [0, 0.1) is 6.92 Å². The van der Waals surface area contributed by atoms with Crippen molar-refractivity contribution < 1.29 is 0 Å². The molecule has 1 aliphatic rings. The van der Waals surface area contributed by atoms with Gasteiger partial charge in [-0.3, -0.25) is 0 Å². The predicted octanol–water partition coefficient (Wildman–Crippen LogP) is 7.47. The Morgan fingerprint density at radius 3 is 1.82 bits per heavy atom. The normalized spacial score (nSPS) is 16.3. The summed E-state index contributed by atoms with van der Waals surface area (Å²) < 4.78 is 0. The molecule has 1 atom stereocenters. The Labute approximate surface area is 168 Å². The number of nitrogens with zero attached hydrogens (tertiary/aromatic N) is 1. The number of aryl methyl sites for hydroxylation is 1. The van der Waals surface area contributed by atoms with Gasteiger partial charge in [0.1, 0.15) is 0 Å². The van der Waals surface area contributed by atoms with Crippen LogP contribution >= 0.6 is 0 Å². The molecule has 1 aliphatic carbocycles. The molecule has 1 nitrogen and oxygen atoms in total. The molecule has 0 aliphatic heterocycles. The van der Waals surface area contributed by atoms with E-state index in [9.17, 15) is 0 Å². The summed E-state index contributed by atoms with van der Waals surface area (Å²) >= 11 is 0. The lowest BCUT2D eigenvalue weighted by Crippen LogP contribution is -2.30. The van der Waals surface area contributed by atoms with E-state index in [2.05, 4.69) is 117 Å². The Kier molecular flexibility index (Phi) is 5.16. The fourth-order valence-electron chi connectivity index (χ4n) is 3.81. The minimum atomic E-state index is 0.328. The number of rotatable bonds is 4. The first kappa shape index (κ1) is 18.3. The SMILES string of the molecule is CC1=CCC(N(c2ccc(C)cc2)c2ccc(-c3ccccc3)cc2)C=C1C. The van der Waals surface area contributed by atoms with E-state index in [0.29, 0.717) is 6.04 Å². The van der Waals surface area contributed by atoms with E-state index in [-0.39, 0.29) is 0 Å². The first-order chi connectivity index (χ1) is 13.6. The topological polar surface area (TPSA) is 3.24 Å². The highest BCUT2D eigenvalue weighted by molar-refractivity contribution is 5.71. The molecule has 3 aromatic carbocycles. The van der Waals surface area contributed by atoms with Crippen LogP contribution in [0.2, 0.25) is 0 Å². The molecule has 0 bridgehead atoms. The maximum Gasteiger partial charge on any atom is 0.0562 e. The van der Waals surface area contributed by atoms with Gasteiger partial charge in [-0.25, -0.2) is 0 Å². The zero-order chi connectivity index (χ0) is 19.5. The minimum absolute atomic E-state index is 0.328. The third kappa shape index (κ3) is 3.80. The molecule has 0 N–H and O–H groups in total. The highest BCUT2D eigenvalue weighted by Crippen LogP contribution is 2.34. The van der Waals surface area contributed by atoms with Gasteiger partial charge in [-0.2, -0.15) is 0 Å². The van der Waals surface area contributed by atoms with Crippen LogP contribution in [0.4, 0.5) is 11.4 Å². The molecular formula is C27H27N. The number of anilines is 2. The quantitative estimate of drug-likeness (QED) is 0.463. The van der Waals surface area contributed by atoms with E-state index in [1.165, 1.54) is 39.2 Å². The lowest BCUT2D eigenvalue weighted by Gasteiger charge is -2.34. The maximum absolute atomic E-state index is 2.46. The Morgan fingerprint density at radius 2 is 1.21 bits per heavy atom. The molecule has 0 radical (unpaired) electrons. The van der Waals surface area contributed by atoms with Gasteiger partial charge in [-0.15, -0.1) is 0 Å². The van der Waals surface area contributed by atoms with Crippen LogP contribution in [0.15, 0.2) is 102 Å². The van der Waals surface area contributed by atoms with Crippen molar-refractivity contribution in [2.75, 3.05) is 4.90 Å². The molecule has 1 heteroatoms. The van der Waals surface area contributed by atoms with Crippen LogP contribution < -0.4 is 4.90 Å². The summed E-state index contributed by atoms with van der Waals surface area (Å²) in [5, 5.41) is 0. The molecule has 3 aromatic rings. The third-order valence-electron chi connectivity index (χ3n) is 5.63. The van der Waals surface area contributed by atoms with Crippen LogP contribution in [-0.2, 0) is 0 Å². The van der Waals surface area contributed by atoms with Crippen LogP contribution in [0.3, 0.4) is 0 Å². The Bertz CT molecular complexity index is 992. The third-order valence-corrected chi connectivity index (χ3v) is 5.63. The Hall–Kier alpha value is -3.06. The highest BCUT2D eigenvalue weighted by atomic mass is 15.2. The predicted molar refractivity (Wildman–Crippen MR) is 121 cm³/mol. The van der Waals surface area contributed by atoms with Crippen LogP contribution in [0.25, 0.3) is 11.1 Å². The lowest BCUT2D eigenvalue weighted by atomic mass is 9.95. The zero-order valence-electron chi connectivity index (χ0n) is 16.9. The highest BCUT2D eigenvalue weighted by Gasteiger charge is 2.21. The van der Waals surface area contributed by atoms with Gasteiger partial charge < -0.3 is 4.90 Å². The fourth-order valence-corrected chi connectivity index (χ4v) is 3.81. The van der Waals surface area contributed by atoms with E-state index in [1.54, 1.807) is 0 Å². The molecular weight excluding hydrogens is 338 g/mol. The first-order valence-electron chi connectivity index (χ1n) is 9.99. The molecule has 0 amide bonds. The second-order valence-corrected chi connectivity index (χ2v) is 7.66. The first-order valence-corrected chi connectivity index (χ1v) is 9.99. The van der Waals surface area contributed by atoms with Crippen LogP contribution in [0.1, 0.15) is 25.8 Å². The standard InChI is InChI=1S/C27H27N/c1-20-9-14-25(15-10-20)28(27-16-11-21(2)22(3)19-27)26-17-12-24(13-18-26)23-7-5-4-6-8-23/h4-15,17-19,27H,16H2,1-3H3. The summed E-state index contributed by atoms with van der Waals surface area (Å²) in [5.41, 5.74) is 9.01. The summed E-state index contributed by atoms with van der Waals surface area (Å²) in [5.74, 6) is 0. The summed E-state index contributed by atoms with van der Waals surface area (Å²) in [7, 11) is 0. The average Bonchev–Trinajstić information content (AvgIpc) is 2.73. The molecule has 0 saturated heterocycles. The molecule has 1 unspecified atom stereocenters. The maximum atomic E-state index is 2.46. The van der Waals surface area contributed by atoms with Gasteiger partial charge in [-0.1, -0.05) is 83.5 Å². The second-order valence-electron chi connectivity index (χ2n) is 7.66. The molecule has 4 rings (SSSR count). The van der Waals surface area contributed by atoms with Crippen LogP contribution in [-0.4, -0.2) is 6.04 Å². The van der Waals surface area contributed by atoms with Crippen molar-refractivity contribution in [1.29, 1.82) is 0 Å². The minimum Gasteiger partial charge on any atom is -0.334 e. The van der Waals surface area contributed by atoms with Gasteiger partial charge in [0.25, 0.3) is 0 Å². The van der Waals surface area contributed by atoms with Crippen molar-refractivity contribution >= 4 is 11.4 Å². The monoisotopic (exact) mass is 365 g/mol. The molecule has 0 spiro atoms. The molecule has 0 saturated carbocycles. The summed E-state index contributed by atoms with van der Waals surface area (Å²) in [4.78, 5) is 2.46. The summed E-state index contributed by atoms with van der Waals surface area (Å²) in [6.07, 6.45) is 5.79. The Balaban J connectivity index is 1.72. The number of hydrogen-bond donors (Lipinski definition) is 0. The van der Waals surface area contributed by atoms with Gasteiger partial charge in [0.2, 0.25) is 0 Å². The largest absolute Gasteiger partial charge is 0.334 e. The van der Waals surface area contributed by atoms with Crippen molar-refractivity contribution in [1.82, 2.24) is 0 Å². The smallest absolute Gasteiger partial charge is 0.0562 e. The van der Waals surface area contributed by atoms with Crippen molar-refractivity contribution in [3.8, 4) is 11.1 Å². The number of allylic oxidation sites excluding steroid dienone is 2. The number of benzene rings is 3. The van der Waals surface area contributed by atoms with Crippen LogP contribution in [0.5, 0.6) is 0 Å². The van der Waals surface area contributed by atoms with Crippen molar-refractivity contribution in [3.63, 3.8) is 0 Å². The lowest BCUT2D eigenvalue weighted by molar-refractivity contribution is 0.770. The van der Waals surface area contributed by atoms with Gasteiger partial charge in [0, 0.05) is 11.4 Å². The molecule has 0 aromatic heterocycles. The fraction of sp³-hybridized carbons (Fsp3) is 0.185. The molecule has 28 heavy (non-hydrogen) atoms. The average molecular weight is 366 g/mol.